The van der Waals surface area contributed by atoms with Crippen LogP contribution < -0.4 is 9.64 Å². The van der Waals surface area contributed by atoms with Crippen LogP contribution in [-0.4, -0.2) is 50.4 Å². The van der Waals surface area contributed by atoms with Crippen LogP contribution >= 0.6 is 0 Å². The van der Waals surface area contributed by atoms with Crippen molar-refractivity contribution in [2.24, 2.45) is 17.8 Å². The van der Waals surface area contributed by atoms with E-state index in [-0.39, 0.29) is 6.09 Å². The van der Waals surface area contributed by atoms with Crippen molar-refractivity contribution in [3.05, 3.63) is 60.2 Å². The second kappa shape index (κ2) is 10.2. The number of benzene rings is 2. The van der Waals surface area contributed by atoms with Gasteiger partial charge in [-0.1, -0.05) is 37.3 Å². The summed E-state index contributed by atoms with van der Waals surface area (Å²) < 4.78 is 11.1. The number of nitrogens with zero attached hydrogens (tertiary/aromatic N) is 2. The van der Waals surface area contributed by atoms with Gasteiger partial charge in [0, 0.05) is 18.8 Å². The van der Waals surface area contributed by atoms with Crippen LogP contribution in [0.25, 0.3) is 0 Å². The Kier molecular flexibility index (Phi) is 6.86. The monoisotopic (exact) mass is 448 g/mol. The third-order valence-corrected chi connectivity index (χ3v) is 7.92. The number of ether oxygens (including phenoxy) is 2. The summed E-state index contributed by atoms with van der Waals surface area (Å²) in [4.78, 5) is 16.1. The van der Waals surface area contributed by atoms with Gasteiger partial charge in [-0.3, -0.25) is 9.80 Å². The molecule has 5 rings (SSSR count). The predicted octanol–water partition coefficient (Wildman–Crippen LogP) is 5.56. The lowest BCUT2D eigenvalue weighted by molar-refractivity contribution is 0.126. The lowest BCUT2D eigenvalue weighted by atomic mass is 9.81. The average Bonchev–Trinajstić information content (AvgIpc) is 3.67. The zero-order chi connectivity index (χ0) is 22.6. The maximum absolute atomic E-state index is 11.9. The van der Waals surface area contributed by atoms with Crippen molar-refractivity contribution in [2.45, 2.75) is 38.5 Å². The Labute approximate surface area is 197 Å². The average molecular weight is 449 g/mol. The maximum atomic E-state index is 11.9. The van der Waals surface area contributed by atoms with E-state index < -0.39 is 0 Å². The molecular formula is C28H36N2O3. The molecule has 0 N–H and O–H groups in total. The summed E-state index contributed by atoms with van der Waals surface area (Å²) in [5.41, 5.74) is 2.40. The molecule has 0 spiro atoms. The molecule has 1 amide bonds. The van der Waals surface area contributed by atoms with Gasteiger partial charge in [0.25, 0.3) is 0 Å². The van der Waals surface area contributed by atoms with Crippen LogP contribution in [0.4, 0.5) is 10.5 Å². The van der Waals surface area contributed by atoms with Gasteiger partial charge in [0.2, 0.25) is 0 Å². The molecule has 3 fully saturated rings. The van der Waals surface area contributed by atoms with Gasteiger partial charge in [-0.05, 0) is 92.3 Å². The number of carbonyl (C=O) groups excluding carboxylic acids is 1. The van der Waals surface area contributed by atoms with E-state index in [9.17, 15) is 4.79 Å². The fourth-order valence-corrected chi connectivity index (χ4v) is 5.73. The molecule has 0 radical (unpaired) electrons. The van der Waals surface area contributed by atoms with E-state index in [0.717, 1.165) is 48.1 Å². The SMILES string of the molecule is CC(C1CCN(CCOc2ccc(N3CCCOC3=O)cc2)CC1)[C@@H]1CC1c1ccccc1. The second-order valence-electron chi connectivity index (χ2n) is 9.92. The lowest BCUT2D eigenvalue weighted by Crippen LogP contribution is -2.38. The molecule has 2 saturated heterocycles. The van der Waals surface area contributed by atoms with Crippen molar-refractivity contribution < 1.29 is 14.3 Å². The summed E-state index contributed by atoms with van der Waals surface area (Å²) in [6, 6.07) is 18.8. The highest BCUT2D eigenvalue weighted by Gasteiger charge is 2.44. The molecule has 2 aromatic carbocycles. The molecule has 5 heteroatoms. The number of cyclic esters (lactones) is 1. The molecule has 3 aliphatic rings. The summed E-state index contributed by atoms with van der Waals surface area (Å²) in [5, 5.41) is 0. The first-order chi connectivity index (χ1) is 16.2. The standard InChI is InChI=1S/C28H36N2O3/c1-21(26-20-27(26)23-6-3-2-4-7-23)22-12-15-29(16-13-22)17-19-32-25-10-8-24(9-11-25)30-14-5-18-33-28(30)31/h2-4,6-11,21-22,26-27H,5,12-20H2,1H3/t21?,26-,27?/m0/s1. The predicted molar refractivity (Wildman–Crippen MR) is 131 cm³/mol. The van der Waals surface area contributed by atoms with Crippen molar-refractivity contribution >= 4 is 11.8 Å². The third-order valence-electron chi connectivity index (χ3n) is 7.92. The van der Waals surface area contributed by atoms with Crippen LogP contribution in [0, 0.1) is 17.8 Å². The van der Waals surface area contributed by atoms with E-state index in [0.29, 0.717) is 19.8 Å². The van der Waals surface area contributed by atoms with E-state index in [1.165, 1.54) is 37.9 Å². The fourth-order valence-electron chi connectivity index (χ4n) is 5.73. The largest absolute Gasteiger partial charge is 0.492 e. The minimum atomic E-state index is -0.259. The minimum Gasteiger partial charge on any atom is -0.492 e. The molecule has 0 aromatic heterocycles. The number of likely N-dealkylation sites (tertiary alicyclic amines) is 1. The van der Waals surface area contributed by atoms with Crippen LogP contribution in [0.15, 0.2) is 54.6 Å². The zero-order valence-electron chi connectivity index (χ0n) is 19.7. The van der Waals surface area contributed by atoms with Crippen molar-refractivity contribution in [3.63, 3.8) is 0 Å². The summed E-state index contributed by atoms with van der Waals surface area (Å²) in [7, 11) is 0. The highest BCUT2D eigenvalue weighted by Crippen LogP contribution is 2.54. The minimum absolute atomic E-state index is 0.259. The number of amides is 1. The molecule has 33 heavy (non-hydrogen) atoms. The van der Waals surface area contributed by atoms with Crippen LogP contribution in [0.3, 0.4) is 0 Å². The van der Waals surface area contributed by atoms with Crippen molar-refractivity contribution in [1.29, 1.82) is 0 Å². The van der Waals surface area contributed by atoms with Gasteiger partial charge in [0.1, 0.15) is 12.4 Å². The van der Waals surface area contributed by atoms with Gasteiger partial charge < -0.3 is 9.47 Å². The smallest absolute Gasteiger partial charge is 0.414 e. The van der Waals surface area contributed by atoms with Gasteiger partial charge >= 0.3 is 6.09 Å². The summed E-state index contributed by atoms with van der Waals surface area (Å²) in [6.45, 7) is 7.74. The molecule has 3 atom stereocenters. The second-order valence-corrected chi connectivity index (χ2v) is 9.92. The van der Waals surface area contributed by atoms with Gasteiger partial charge in [-0.25, -0.2) is 4.79 Å². The van der Waals surface area contributed by atoms with Crippen molar-refractivity contribution in [1.82, 2.24) is 4.90 Å². The van der Waals surface area contributed by atoms with Crippen LogP contribution in [-0.2, 0) is 4.74 Å². The van der Waals surface area contributed by atoms with Crippen LogP contribution in [0.2, 0.25) is 0 Å². The molecule has 5 nitrogen and oxygen atoms in total. The van der Waals surface area contributed by atoms with E-state index in [1.54, 1.807) is 4.90 Å². The first-order valence-electron chi connectivity index (χ1n) is 12.6. The van der Waals surface area contributed by atoms with Crippen molar-refractivity contribution in [3.8, 4) is 5.75 Å². The molecule has 2 heterocycles. The van der Waals surface area contributed by atoms with Gasteiger partial charge in [-0.15, -0.1) is 0 Å². The highest BCUT2D eigenvalue weighted by molar-refractivity contribution is 5.88. The molecule has 2 aliphatic heterocycles. The van der Waals surface area contributed by atoms with Gasteiger partial charge in [0.15, 0.2) is 0 Å². The van der Waals surface area contributed by atoms with E-state index >= 15 is 0 Å². The molecule has 176 valence electrons. The number of piperidine rings is 1. The number of carbonyl (C=O) groups is 1. The van der Waals surface area contributed by atoms with Gasteiger partial charge in [0.05, 0.1) is 6.61 Å². The maximum Gasteiger partial charge on any atom is 0.414 e. The Morgan fingerprint density at radius 3 is 2.52 bits per heavy atom. The number of rotatable bonds is 8. The molecule has 1 saturated carbocycles. The van der Waals surface area contributed by atoms with E-state index in [2.05, 4.69) is 42.2 Å². The normalized spacial score (nSPS) is 24.9. The van der Waals surface area contributed by atoms with Crippen molar-refractivity contribution in [2.75, 3.05) is 44.3 Å². The summed E-state index contributed by atoms with van der Waals surface area (Å²) in [5.74, 6) is 4.20. The molecule has 1 aliphatic carbocycles. The lowest BCUT2D eigenvalue weighted by Gasteiger charge is -2.35. The Balaban J connectivity index is 1.02. The van der Waals surface area contributed by atoms with E-state index in [1.807, 2.05) is 24.3 Å². The van der Waals surface area contributed by atoms with Gasteiger partial charge in [-0.2, -0.15) is 0 Å². The quantitative estimate of drug-likeness (QED) is 0.530. The Morgan fingerprint density at radius 2 is 1.79 bits per heavy atom. The molecule has 2 unspecified atom stereocenters. The Hall–Kier alpha value is -2.53. The first-order valence-corrected chi connectivity index (χ1v) is 12.6. The molecule has 0 bridgehead atoms. The Bertz CT molecular complexity index is 908. The summed E-state index contributed by atoms with van der Waals surface area (Å²) >= 11 is 0. The van der Waals surface area contributed by atoms with E-state index in [4.69, 9.17) is 9.47 Å². The number of hydrogen-bond donors (Lipinski definition) is 0. The third kappa shape index (κ3) is 5.35. The Morgan fingerprint density at radius 1 is 1.03 bits per heavy atom. The highest BCUT2D eigenvalue weighted by atomic mass is 16.6. The van der Waals surface area contributed by atoms with Crippen LogP contribution in [0.1, 0.15) is 44.1 Å². The molecule has 2 aromatic rings. The molecular weight excluding hydrogens is 412 g/mol. The number of hydrogen-bond acceptors (Lipinski definition) is 4. The number of anilines is 1. The fraction of sp³-hybridized carbons (Fsp3) is 0.536. The zero-order valence-corrected chi connectivity index (χ0v) is 19.7. The first kappa shape index (κ1) is 22.3. The topological polar surface area (TPSA) is 42.0 Å². The van der Waals surface area contributed by atoms with Crippen LogP contribution in [0.5, 0.6) is 5.75 Å². The summed E-state index contributed by atoms with van der Waals surface area (Å²) in [6.07, 6.45) is 4.59.